The maximum absolute atomic E-state index is 6.08. The Kier molecular flexibility index (Phi) is 6.08. The third kappa shape index (κ3) is 5.72. The van der Waals surface area contributed by atoms with E-state index < -0.39 is 0 Å². The molecule has 2 aromatic carbocycles. The van der Waals surface area contributed by atoms with Crippen molar-refractivity contribution in [3.63, 3.8) is 0 Å². The topological polar surface area (TPSA) is 35.0 Å². The molecule has 0 fully saturated rings. The van der Waals surface area contributed by atoms with Gasteiger partial charge < -0.3 is 4.74 Å². The molecule has 0 saturated heterocycles. The summed E-state index contributed by atoms with van der Waals surface area (Å²) in [6, 6.07) is 17.7. The van der Waals surface area contributed by atoms with E-state index in [2.05, 4.69) is 38.7 Å². The first-order chi connectivity index (χ1) is 12.8. The molecule has 0 aliphatic rings. The Bertz CT molecular complexity index is 920. The molecule has 0 saturated carbocycles. The molecule has 0 amide bonds. The third-order valence-electron chi connectivity index (χ3n) is 3.95. The molecular formula is C22H23ClN2OS. The molecular weight excluding hydrogens is 376 g/mol. The van der Waals surface area contributed by atoms with Crippen LogP contribution in [0.1, 0.15) is 37.6 Å². The molecule has 3 nitrogen and oxygen atoms in total. The van der Waals surface area contributed by atoms with Crippen molar-refractivity contribution in [1.82, 2.24) is 9.97 Å². The fourth-order valence-electron chi connectivity index (χ4n) is 2.41. The van der Waals surface area contributed by atoms with Gasteiger partial charge in [-0.3, -0.25) is 0 Å². The normalized spacial score (nSPS) is 11.4. The monoisotopic (exact) mass is 398 g/mol. The molecule has 5 heteroatoms. The molecule has 0 atom stereocenters. The van der Waals surface area contributed by atoms with Gasteiger partial charge in [0.2, 0.25) is 5.88 Å². The van der Waals surface area contributed by atoms with E-state index in [0.29, 0.717) is 11.0 Å². The Hall–Kier alpha value is -2.04. The van der Waals surface area contributed by atoms with Gasteiger partial charge in [0.25, 0.3) is 0 Å². The Morgan fingerprint density at radius 3 is 2.41 bits per heavy atom. The van der Waals surface area contributed by atoms with Crippen molar-refractivity contribution in [2.75, 3.05) is 0 Å². The molecule has 0 aliphatic carbocycles. The van der Waals surface area contributed by atoms with Gasteiger partial charge in [0, 0.05) is 22.3 Å². The Balaban J connectivity index is 1.85. The van der Waals surface area contributed by atoms with Crippen LogP contribution in [0.5, 0.6) is 11.6 Å². The summed E-state index contributed by atoms with van der Waals surface area (Å²) in [6.45, 7) is 8.46. The van der Waals surface area contributed by atoms with E-state index in [4.69, 9.17) is 21.3 Å². The summed E-state index contributed by atoms with van der Waals surface area (Å²) in [5.41, 5.74) is 3.18. The average Bonchev–Trinajstić information content (AvgIpc) is 2.61. The van der Waals surface area contributed by atoms with Crippen molar-refractivity contribution in [1.29, 1.82) is 0 Å². The van der Waals surface area contributed by atoms with Gasteiger partial charge in [-0.25, -0.2) is 4.98 Å². The van der Waals surface area contributed by atoms with E-state index in [-0.39, 0.29) is 5.41 Å². The number of aryl methyl sites for hydroxylation is 1. The van der Waals surface area contributed by atoms with E-state index in [0.717, 1.165) is 27.8 Å². The summed E-state index contributed by atoms with van der Waals surface area (Å²) in [5, 5.41) is 1.44. The number of nitrogens with zero attached hydrogens (tertiary/aromatic N) is 2. The van der Waals surface area contributed by atoms with E-state index in [1.165, 1.54) is 5.56 Å². The third-order valence-corrected chi connectivity index (χ3v) is 5.10. The lowest BCUT2D eigenvalue weighted by Gasteiger charge is -2.19. The SMILES string of the molecule is Cc1ccc(Oc2cc(C(C)(C)C)nc(SCc3cccc(Cl)c3)n2)cc1. The first-order valence-electron chi connectivity index (χ1n) is 8.81. The molecule has 0 bridgehead atoms. The second kappa shape index (κ2) is 8.32. The maximum atomic E-state index is 6.08. The first kappa shape index (κ1) is 19.7. The zero-order chi connectivity index (χ0) is 19.4. The largest absolute Gasteiger partial charge is 0.439 e. The molecule has 1 aromatic heterocycles. The summed E-state index contributed by atoms with van der Waals surface area (Å²) in [5.74, 6) is 2.08. The molecule has 0 radical (unpaired) electrons. The number of aromatic nitrogens is 2. The number of rotatable bonds is 5. The van der Waals surface area contributed by atoms with Crippen LogP contribution in [0.3, 0.4) is 0 Å². The van der Waals surface area contributed by atoms with E-state index in [1.54, 1.807) is 11.8 Å². The fraction of sp³-hybridized carbons (Fsp3) is 0.273. The molecule has 0 N–H and O–H groups in total. The molecule has 3 aromatic rings. The van der Waals surface area contributed by atoms with Gasteiger partial charge in [0.1, 0.15) is 5.75 Å². The van der Waals surface area contributed by atoms with Crippen LogP contribution in [0.25, 0.3) is 0 Å². The van der Waals surface area contributed by atoms with Crippen LogP contribution >= 0.6 is 23.4 Å². The van der Waals surface area contributed by atoms with E-state index in [1.807, 2.05) is 48.5 Å². The zero-order valence-corrected chi connectivity index (χ0v) is 17.6. The lowest BCUT2D eigenvalue weighted by atomic mass is 9.92. The van der Waals surface area contributed by atoms with Crippen molar-refractivity contribution in [3.8, 4) is 11.6 Å². The zero-order valence-electron chi connectivity index (χ0n) is 16.0. The molecule has 3 rings (SSSR count). The number of benzene rings is 2. The summed E-state index contributed by atoms with van der Waals surface area (Å²) < 4.78 is 6.00. The van der Waals surface area contributed by atoms with Gasteiger partial charge in [0.05, 0.1) is 5.69 Å². The predicted molar refractivity (Wildman–Crippen MR) is 113 cm³/mol. The van der Waals surface area contributed by atoms with Crippen molar-refractivity contribution in [2.24, 2.45) is 0 Å². The number of ether oxygens (including phenoxy) is 1. The second-order valence-corrected chi connectivity index (χ2v) is 8.84. The van der Waals surface area contributed by atoms with Crippen LogP contribution < -0.4 is 4.74 Å². The fourth-order valence-corrected chi connectivity index (χ4v) is 3.41. The van der Waals surface area contributed by atoms with Crippen LogP contribution in [-0.2, 0) is 11.2 Å². The van der Waals surface area contributed by atoms with Crippen molar-refractivity contribution in [2.45, 2.75) is 44.0 Å². The quantitative estimate of drug-likeness (QED) is 0.349. The molecule has 0 unspecified atom stereocenters. The highest BCUT2D eigenvalue weighted by Crippen LogP contribution is 2.30. The van der Waals surface area contributed by atoms with Gasteiger partial charge in [-0.15, -0.1) is 0 Å². The molecule has 0 aliphatic heterocycles. The van der Waals surface area contributed by atoms with Crippen LogP contribution in [0.4, 0.5) is 0 Å². The number of hydrogen-bond acceptors (Lipinski definition) is 4. The van der Waals surface area contributed by atoms with Crippen LogP contribution in [0.2, 0.25) is 5.02 Å². The minimum atomic E-state index is -0.0975. The Morgan fingerprint density at radius 2 is 1.74 bits per heavy atom. The average molecular weight is 399 g/mol. The molecule has 140 valence electrons. The van der Waals surface area contributed by atoms with Gasteiger partial charge in [-0.2, -0.15) is 4.98 Å². The molecule has 27 heavy (non-hydrogen) atoms. The summed E-state index contributed by atoms with van der Waals surface area (Å²) in [7, 11) is 0. The second-order valence-electron chi connectivity index (χ2n) is 7.46. The van der Waals surface area contributed by atoms with Crippen LogP contribution in [-0.4, -0.2) is 9.97 Å². The van der Waals surface area contributed by atoms with Gasteiger partial charge in [-0.05, 0) is 36.8 Å². The minimum Gasteiger partial charge on any atom is -0.439 e. The Morgan fingerprint density at radius 1 is 1.00 bits per heavy atom. The Labute approximate surface area is 170 Å². The van der Waals surface area contributed by atoms with Crippen molar-refractivity contribution >= 4 is 23.4 Å². The number of thioether (sulfide) groups is 1. The summed E-state index contributed by atoms with van der Waals surface area (Å²) in [4.78, 5) is 9.34. The highest BCUT2D eigenvalue weighted by atomic mass is 35.5. The van der Waals surface area contributed by atoms with Crippen molar-refractivity contribution < 1.29 is 4.74 Å². The lowest BCUT2D eigenvalue weighted by molar-refractivity contribution is 0.446. The van der Waals surface area contributed by atoms with Gasteiger partial charge in [-0.1, -0.05) is 74.0 Å². The predicted octanol–water partition coefficient (Wildman–Crippen LogP) is 6.82. The first-order valence-corrected chi connectivity index (χ1v) is 10.2. The highest BCUT2D eigenvalue weighted by Gasteiger charge is 2.19. The lowest BCUT2D eigenvalue weighted by Crippen LogP contribution is -2.14. The van der Waals surface area contributed by atoms with E-state index in [9.17, 15) is 0 Å². The van der Waals surface area contributed by atoms with Crippen LogP contribution in [0.15, 0.2) is 59.8 Å². The molecule has 0 spiro atoms. The maximum Gasteiger partial charge on any atom is 0.223 e. The van der Waals surface area contributed by atoms with E-state index >= 15 is 0 Å². The smallest absolute Gasteiger partial charge is 0.223 e. The molecule has 1 heterocycles. The summed E-state index contributed by atoms with van der Waals surface area (Å²) >= 11 is 7.66. The van der Waals surface area contributed by atoms with Gasteiger partial charge >= 0.3 is 0 Å². The van der Waals surface area contributed by atoms with Gasteiger partial charge in [0.15, 0.2) is 5.16 Å². The summed E-state index contributed by atoms with van der Waals surface area (Å²) in [6.07, 6.45) is 0. The number of hydrogen-bond donors (Lipinski definition) is 0. The van der Waals surface area contributed by atoms with Crippen molar-refractivity contribution in [3.05, 3.63) is 76.4 Å². The van der Waals surface area contributed by atoms with Crippen LogP contribution in [0, 0.1) is 6.92 Å². The standard InChI is InChI=1S/C22H23ClN2OS/c1-15-8-10-18(11-9-15)26-20-13-19(22(2,3)4)24-21(25-20)27-14-16-6-5-7-17(23)12-16/h5-13H,14H2,1-4H3. The minimum absolute atomic E-state index is 0.0975. The highest BCUT2D eigenvalue weighted by molar-refractivity contribution is 7.98. The number of halogens is 1.